The van der Waals surface area contributed by atoms with Crippen molar-refractivity contribution in [3.63, 3.8) is 0 Å². The van der Waals surface area contributed by atoms with Crippen LogP contribution in [0.5, 0.6) is 17.2 Å². The molecule has 1 amide bonds. The lowest BCUT2D eigenvalue weighted by Gasteiger charge is -2.29. The third-order valence-corrected chi connectivity index (χ3v) is 7.94. The van der Waals surface area contributed by atoms with E-state index in [9.17, 15) is 14.4 Å². The lowest BCUT2D eigenvalue weighted by molar-refractivity contribution is -0.145. The minimum absolute atomic E-state index is 0.170. The van der Waals surface area contributed by atoms with E-state index >= 15 is 0 Å². The van der Waals surface area contributed by atoms with Crippen LogP contribution in [0.1, 0.15) is 51.8 Å². The fourth-order valence-corrected chi connectivity index (χ4v) is 6.00. The first-order chi connectivity index (χ1) is 20.8. The fraction of sp³-hybridized carbons (Fsp3) is 0.375. The predicted octanol–water partition coefficient (Wildman–Crippen LogP) is 3.45. The number of allylic oxidation sites excluding steroid dienone is 1. The van der Waals surface area contributed by atoms with Crippen LogP contribution >= 0.6 is 11.3 Å². The van der Waals surface area contributed by atoms with Gasteiger partial charge in [-0.25, -0.2) is 9.79 Å². The maximum atomic E-state index is 14.1. The van der Waals surface area contributed by atoms with E-state index in [0.29, 0.717) is 68.7 Å². The molecule has 0 saturated carbocycles. The number of hydrogen-bond donors (Lipinski definition) is 0. The Hall–Kier alpha value is -4.38. The average molecular weight is 608 g/mol. The number of benzene rings is 2. The Morgan fingerprint density at radius 3 is 2.42 bits per heavy atom. The Labute approximate surface area is 254 Å². The molecule has 4 rings (SSSR count). The van der Waals surface area contributed by atoms with Crippen molar-refractivity contribution in [2.24, 2.45) is 4.99 Å². The molecule has 43 heavy (non-hydrogen) atoms. The molecule has 11 heteroatoms. The van der Waals surface area contributed by atoms with Gasteiger partial charge in [-0.1, -0.05) is 35.6 Å². The number of amides is 1. The molecule has 0 fully saturated rings. The van der Waals surface area contributed by atoms with Gasteiger partial charge in [0.2, 0.25) is 0 Å². The number of hydrogen-bond acceptors (Lipinski definition) is 9. The van der Waals surface area contributed by atoms with E-state index in [1.54, 1.807) is 54.7 Å². The number of thiazole rings is 1. The monoisotopic (exact) mass is 607 g/mol. The summed E-state index contributed by atoms with van der Waals surface area (Å²) in [6, 6.07) is 11.9. The van der Waals surface area contributed by atoms with Crippen molar-refractivity contribution in [3.05, 3.63) is 84.5 Å². The highest BCUT2D eigenvalue weighted by molar-refractivity contribution is 7.07. The molecule has 0 saturated heterocycles. The second-order valence-electron chi connectivity index (χ2n) is 9.53. The molecule has 10 nitrogen and oxygen atoms in total. The first-order valence-corrected chi connectivity index (χ1v) is 15.1. The van der Waals surface area contributed by atoms with Gasteiger partial charge in [0.25, 0.3) is 11.5 Å². The predicted molar refractivity (Wildman–Crippen MR) is 164 cm³/mol. The van der Waals surface area contributed by atoms with E-state index in [1.807, 2.05) is 45.0 Å². The zero-order chi connectivity index (χ0) is 31.1. The summed E-state index contributed by atoms with van der Waals surface area (Å²) in [6.07, 6.45) is 1.76. The number of aromatic nitrogens is 1. The maximum absolute atomic E-state index is 14.1. The molecule has 1 aliphatic heterocycles. The Balaban J connectivity index is 1.85. The second-order valence-corrected chi connectivity index (χ2v) is 10.5. The van der Waals surface area contributed by atoms with E-state index in [4.69, 9.17) is 23.9 Å². The van der Waals surface area contributed by atoms with Gasteiger partial charge in [-0.2, -0.15) is 0 Å². The summed E-state index contributed by atoms with van der Waals surface area (Å²) in [5.74, 6) is 0.745. The Bertz CT molecular complexity index is 1700. The molecular formula is C32H37N3O7S. The standard InChI is InChI=1S/C32H37N3O7S/c1-7-34(8-2)31(38)28-20(5)33-32-35(29(28)22-13-11-12-14-23(22)39-6)30(37)26(43-32)18-21-15-16-24(25(17-21)40-9-3)42-19-27(36)41-10-4/h11-18,29H,7-10,19H2,1-6H3/b26-18+/t29-/m0/s1. The molecule has 0 N–H and O–H groups in total. The smallest absolute Gasteiger partial charge is 0.344 e. The van der Waals surface area contributed by atoms with Crippen LogP contribution in [-0.4, -0.2) is 61.4 Å². The van der Waals surface area contributed by atoms with Gasteiger partial charge in [0.1, 0.15) is 11.8 Å². The summed E-state index contributed by atoms with van der Waals surface area (Å²) in [7, 11) is 1.57. The van der Waals surface area contributed by atoms with Gasteiger partial charge in [-0.15, -0.1) is 0 Å². The number of esters is 1. The number of rotatable bonds is 12. The van der Waals surface area contributed by atoms with Gasteiger partial charge >= 0.3 is 5.97 Å². The van der Waals surface area contributed by atoms with E-state index < -0.39 is 12.0 Å². The summed E-state index contributed by atoms with van der Waals surface area (Å²) >= 11 is 1.24. The highest BCUT2D eigenvalue weighted by Crippen LogP contribution is 2.36. The molecule has 1 aliphatic rings. The fourth-order valence-electron chi connectivity index (χ4n) is 4.96. The van der Waals surface area contributed by atoms with Crippen LogP contribution in [0.2, 0.25) is 0 Å². The van der Waals surface area contributed by atoms with E-state index in [-0.39, 0.29) is 24.7 Å². The quantitative estimate of drug-likeness (QED) is 0.290. The third kappa shape index (κ3) is 6.67. The van der Waals surface area contributed by atoms with Crippen molar-refractivity contribution in [2.45, 2.75) is 40.7 Å². The Morgan fingerprint density at radius 1 is 1.00 bits per heavy atom. The van der Waals surface area contributed by atoms with Crippen LogP contribution in [0.25, 0.3) is 6.08 Å². The molecule has 0 bridgehead atoms. The van der Waals surface area contributed by atoms with Crippen molar-refractivity contribution >= 4 is 29.3 Å². The molecule has 3 aromatic rings. The highest BCUT2D eigenvalue weighted by atomic mass is 32.1. The first-order valence-electron chi connectivity index (χ1n) is 14.3. The van der Waals surface area contributed by atoms with Gasteiger partial charge < -0.3 is 23.8 Å². The van der Waals surface area contributed by atoms with Gasteiger partial charge in [0, 0.05) is 18.7 Å². The summed E-state index contributed by atoms with van der Waals surface area (Å²) in [4.78, 5) is 46.6. The number of carbonyl (C=O) groups is 2. The van der Waals surface area contributed by atoms with Gasteiger partial charge in [-0.3, -0.25) is 14.2 Å². The van der Waals surface area contributed by atoms with Crippen LogP contribution in [-0.2, 0) is 14.3 Å². The van der Waals surface area contributed by atoms with Crippen molar-refractivity contribution in [2.75, 3.05) is 40.0 Å². The molecular weight excluding hydrogens is 570 g/mol. The number of carbonyl (C=O) groups excluding carboxylic acids is 2. The van der Waals surface area contributed by atoms with Crippen LogP contribution in [0.15, 0.2) is 63.5 Å². The molecule has 0 spiro atoms. The molecule has 1 aromatic heterocycles. The first kappa shape index (κ1) is 31.6. The van der Waals surface area contributed by atoms with Crippen LogP contribution in [0, 0.1) is 0 Å². The largest absolute Gasteiger partial charge is 0.496 e. The minimum Gasteiger partial charge on any atom is -0.496 e. The number of methoxy groups -OCH3 is 1. The van der Waals surface area contributed by atoms with E-state index in [0.717, 1.165) is 0 Å². The van der Waals surface area contributed by atoms with Crippen LogP contribution in [0.4, 0.5) is 0 Å². The van der Waals surface area contributed by atoms with Gasteiger partial charge in [0.15, 0.2) is 22.9 Å². The number of fused-ring (bicyclic) bond motifs is 1. The lowest BCUT2D eigenvalue weighted by atomic mass is 9.94. The number of para-hydroxylation sites is 1. The molecule has 2 heterocycles. The summed E-state index contributed by atoms with van der Waals surface area (Å²) in [5, 5.41) is 0. The third-order valence-electron chi connectivity index (χ3n) is 6.95. The van der Waals surface area contributed by atoms with Crippen LogP contribution in [0.3, 0.4) is 0 Å². The molecule has 228 valence electrons. The number of likely N-dealkylation sites (N-methyl/N-ethyl adjacent to an activating group) is 1. The SMILES string of the molecule is CCOC(=O)COc1ccc(/C=c2/sc3n(c2=O)[C@@H](c2ccccc2OC)C(C(=O)N(CC)CC)=C(C)N=3)cc1OCC. The minimum atomic E-state index is -0.722. The van der Waals surface area contributed by atoms with E-state index in [2.05, 4.69) is 0 Å². The normalized spacial score (nSPS) is 14.6. The van der Waals surface area contributed by atoms with Crippen LogP contribution < -0.4 is 29.1 Å². The Kier molecular flexibility index (Phi) is 10.4. The van der Waals surface area contributed by atoms with Crippen molar-refractivity contribution < 1.29 is 28.5 Å². The van der Waals surface area contributed by atoms with E-state index in [1.165, 1.54) is 11.3 Å². The summed E-state index contributed by atoms with van der Waals surface area (Å²) in [6.45, 7) is 10.7. The van der Waals surface area contributed by atoms with Crippen molar-refractivity contribution in [1.29, 1.82) is 0 Å². The van der Waals surface area contributed by atoms with Gasteiger partial charge in [0.05, 0.1) is 36.1 Å². The maximum Gasteiger partial charge on any atom is 0.344 e. The zero-order valence-electron chi connectivity index (χ0n) is 25.3. The molecule has 0 radical (unpaired) electrons. The number of ether oxygens (including phenoxy) is 4. The molecule has 2 aromatic carbocycles. The molecule has 0 aliphatic carbocycles. The van der Waals surface area contributed by atoms with Crippen molar-refractivity contribution in [1.82, 2.24) is 9.47 Å². The van der Waals surface area contributed by atoms with Crippen molar-refractivity contribution in [3.8, 4) is 17.2 Å². The average Bonchev–Trinajstić information content (AvgIpc) is 3.30. The topological polar surface area (TPSA) is 109 Å². The van der Waals surface area contributed by atoms with Gasteiger partial charge in [-0.05, 0) is 64.5 Å². The second kappa shape index (κ2) is 14.2. The zero-order valence-corrected chi connectivity index (χ0v) is 26.2. The summed E-state index contributed by atoms with van der Waals surface area (Å²) in [5.41, 5.74) is 2.11. The Morgan fingerprint density at radius 2 is 1.74 bits per heavy atom. The highest BCUT2D eigenvalue weighted by Gasteiger charge is 2.35. The number of nitrogens with zero attached hydrogens (tertiary/aromatic N) is 3. The lowest BCUT2D eigenvalue weighted by Crippen LogP contribution is -2.43. The summed E-state index contributed by atoms with van der Waals surface area (Å²) < 4.78 is 24.0. The molecule has 0 unspecified atom stereocenters. The molecule has 1 atom stereocenters.